The number of benzene rings is 1. The fraction of sp³-hybridized carbons (Fsp3) is 0.333. The number of halogens is 2. The summed E-state index contributed by atoms with van der Waals surface area (Å²) in [5, 5.41) is 17.9. The number of hydrogen-bond donors (Lipinski definition) is 0. The molecule has 0 spiro atoms. The van der Waals surface area contributed by atoms with Gasteiger partial charge in [-0.05, 0) is 30.7 Å². The SMILES string of the molecule is Cc1ccc(-c2cc(Cl)c(N3CCC(F)(c4nncn4C)CC3)c(C#N)c2)cn1. The van der Waals surface area contributed by atoms with Gasteiger partial charge in [0.1, 0.15) is 12.4 Å². The van der Waals surface area contributed by atoms with Crippen LogP contribution in [-0.4, -0.2) is 32.8 Å². The Kier molecular flexibility index (Phi) is 4.97. The molecule has 1 fully saturated rings. The van der Waals surface area contributed by atoms with Gasteiger partial charge in [-0.3, -0.25) is 4.98 Å². The predicted octanol–water partition coefficient (Wildman–Crippen LogP) is 4.18. The summed E-state index contributed by atoms with van der Waals surface area (Å²) in [5.41, 5.74) is 2.23. The normalized spacial score (nSPS) is 15.9. The van der Waals surface area contributed by atoms with Crippen LogP contribution in [0.2, 0.25) is 5.02 Å². The second-order valence-electron chi connectivity index (χ2n) is 7.37. The Morgan fingerprint density at radius 3 is 2.55 bits per heavy atom. The maximum Gasteiger partial charge on any atom is 0.173 e. The van der Waals surface area contributed by atoms with E-state index in [0.717, 1.165) is 16.8 Å². The van der Waals surface area contributed by atoms with Crippen molar-refractivity contribution in [3.63, 3.8) is 0 Å². The molecule has 3 aromatic rings. The number of aromatic nitrogens is 4. The Morgan fingerprint density at radius 1 is 1.21 bits per heavy atom. The molecule has 29 heavy (non-hydrogen) atoms. The quantitative estimate of drug-likeness (QED) is 0.647. The van der Waals surface area contributed by atoms with Gasteiger partial charge in [-0.1, -0.05) is 17.7 Å². The van der Waals surface area contributed by atoms with E-state index >= 15 is 4.39 Å². The van der Waals surface area contributed by atoms with Crippen molar-refractivity contribution >= 4 is 17.3 Å². The van der Waals surface area contributed by atoms with Crippen LogP contribution in [-0.2, 0) is 12.7 Å². The van der Waals surface area contributed by atoms with Gasteiger partial charge < -0.3 is 9.47 Å². The molecule has 1 aliphatic heterocycles. The van der Waals surface area contributed by atoms with E-state index in [-0.39, 0.29) is 12.8 Å². The Bertz CT molecular complexity index is 1080. The maximum absolute atomic E-state index is 15.4. The highest BCUT2D eigenvalue weighted by molar-refractivity contribution is 6.34. The van der Waals surface area contributed by atoms with Gasteiger partial charge in [-0.25, -0.2) is 4.39 Å². The van der Waals surface area contributed by atoms with Gasteiger partial charge in [0.25, 0.3) is 0 Å². The van der Waals surface area contributed by atoms with Crippen LogP contribution in [0.15, 0.2) is 36.8 Å². The number of aryl methyl sites for hydroxylation is 2. The molecule has 0 aliphatic carbocycles. The molecule has 0 atom stereocenters. The zero-order chi connectivity index (χ0) is 20.6. The first kappa shape index (κ1) is 19.3. The standard InChI is InChI=1S/C21H20ClFN6/c1-14-3-4-15(12-25-14)16-9-17(11-24)19(18(22)10-16)29-7-5-21(23,6-8-29)20-27-26-13-28(20)2/h3-4,9-10,12-13H,5-8H2,1-2H3. The summed E-state index contributed by atoms with van der Waals surface area (Å²) < 4.78 is 17.1. The number of pyridine rings is 1. The summed E-state index contributed by atoms with van der Waals surface area (Å²) in [6, 6.07) is 9.77. The van der Waals surface area contributed by atoms with Crippen LogP contribution in [0.3, 0.4) is 0 Å². The van der Waals surface area contributed by atoms with Crippen LogP contribution in [0.25, 0.3) is 11.1 Å². The molecule has 0 bridgehead atoms. The molecule has 148 valence electrons. The first-order valence-electron chi connectivity index (χ1n) is 9.36. The fourth-order valence-corrected chi connectivity index (χ4v) is 4.15. The van der Waals surface area contributed by atoms with E-state index in [1.54, 1.807) is 17.8 Å². The lowest BCUT2D eigenvalue weighted by atomic mass is 9.91. The number of hydrogen-bond acceptors (Lipinski definition) is 5. The third kappa shape index (κ3) is 3.56. The van der Waals surface area contributed by atoms with Gasteiger partial charge in [-0.15, -0.1) is 10.2 Å². The van der Waals surface area contributed by atoms with Crippen LogP contribution >= 0.6 is 11.6 Å². The molecular weight excluding hydrogens is 391 g/mol. The highest BCUT2D eigenvalue weighted by Crippen LogP contribution is 2.41. The Labute approximate surface area is 173 Å². The molecule has 1 aliphatic rings. The van der Waals surface area contributed by atoms with Crippen LogP contribution in [0.5, 0.6) is 0 Å². The molecule has 0 N–H and O–H groups in total. The van der Waals surface area contributed by atoms with E-state index < -0.39 is 5.67 Å². The Morgan fingerprint density at radius 2 is 1.97 bits per heavy atom. The molecule has 8 heteroatoms. The monoisotopic (exact) mass is 410 g/mol. The summed E-state index contributed by atoms with van der Waals surface area (Å²) in [6.07, 6.45) is 3.78. The summed E-state index contributed by atoms with van der Waals surface area (Å²) in [6.45, 7) is 2.79. The second-order valence-corrected chi connectivity index (χ2v) is 7.78. The Balaban J connectivity index is 1.62. The number of rotatable bonds is 3. The van der Waals surface area contributed by atoms with Crippen molar-refractivity contribution in [1.29, 1.82) is 5.26 Å². The van der Waals surface area contributed by atoms with Crippen LogP contribution < -0.4 is 4.90 Å². The molecular formula is C21H20ClFN6. The molecule has 0 amide bonds. The van der Waals surface area contributed by atoms with Crippen molar-refractivity contribution in [3.05, 3.63) is 58.9 Å². The van der Waals surface area contributed by atoms with Crippen LogP contribution in [0.1, 0.15) is 29.9 Å². The molecule has 1 saturated heterocycles. The number of nitrogens with zero attached hydrogens (tertiary/aromatic N) is 6. The molecule has 0 unspecified atom stereocenters. The topological polar surface area (TPSA) is 70.6 Å². The van der Waals surface area contributed by atoms with Crippen molar-refractivity contribution < 1.29 is 4.39 Å². The minimum Gasteiger partial charge on any atom is -0.369 e. The van der Waals surface area contributed by atoms with E-state index in [2.05, 4.69) is 21.3 Å². The van der Waals surface area contributed by atoms with Crippen molar-refractivity contribution in [2.75, 3.05) is 18.0 Å². The van der Waals surface area contributed by atoms with E-state index in [1.807, 2.05) is 36.1 Å². The third-order valence-electron chi connectivity index (χ3n) is 5.41. The molecule has 4 rings (SSSR count). The number of piperidine rings is 1. The summed E-state index contributed by atoms with van der Waals surface area (Å²) >= 11 is 6.59. The first-order valence-corrected chi connectivity index (χ1v) is 9.74. The van der Waals surface area contributed by atoms with Gasteiger partial charge in [-0.2, -0.15) is 5.26 Å². The van der Waals surface area contributed by atoms with Crippen molar-refractivity contribution in [1.82, 2.24) is 19.7 Å². The average molecular weight is 411 g/mol. The van der Waals surface area contributed by atoms with Crippen molar-refractivity contribution in [3.8, 4) is 17.2 Å². The van der Waals surface area contributed by atoms with Crippen molar-refractivity contribution in [2.24, 2.45) is 7.05 Å². The molecule has 0 radical (unpaired) electrons. The lowest BCUT2D eigenvalue weighted by Crippen LogP contribution is -2.42. The summed E-state index contributed by atoms with van der Waals surface area (Å²) in [7, 11) is 1.74. The Hall–Kier alpha value is -2.98. The number of alkyl halides is 1. The highest BCUT2D eigenvalue weighted by atomic mass is 35.5. The summed E-state index contributed by atoms with van der Waals surface area (Å²) in [4.78, 5) is 6.29. The van der Waals surface area contributed by atoms with Gasteiger partial charge in [0, 0.05) is 50.4 Å². The molecule has 2 aromatic heterocycles. The number of anilines is 1. The van der Waals surface area contributed by atoms with E-state index in [0.29, 0.717) is 35.2 Å². The van der Waals surface area contributed by atoms with Gasteiger partial charge in [0.15, 0.2) is 11.5 Å². The van der Waals surface area contributed by atoms with Crippen molar-refractivity contribution in [2.45, 2.75) is 25.4 Å². The van der Waals surface area contributed by atoms with E-state index in [1.165, 1.54) is 6.33 Å². The fourth-order valence-electron chi connectivity index (χ4n) is 3.81. The van der Waals surface area contributed by atoms with E-state index in [4.69, 9.17) is 11.6 Å². The zero-order valence-corrected chi connectivity index (χ0v) is 17.0. The van der Waals surface area contributed by atoms with Crippen LogP contribution in [0.4, 0.5) is 10.1 Å². The minimum atomic E-state index is -1.53. The van der Waals surface area contributed by atoms with Gasteiger partial charge in [0.05, 0.1) is 16.3 Å². The predicted molar refractivity (Wildman–Crippen MR) is 109 cm³/mol. The van der Waals surface area contributed by atoms with Crippen LogP contribution in [0, 0.1) is 18.3 Å². The zero-order valence-electron chi connectivity index (χ0n) is 16.2. The molecule has 3 heterocycles. The molecule has 6 nitrogen and oxygen atoms in total. The molecule has 1 aromatic carbocycles. The second kappa shape index (κ2) is 7.45. The lowest BCUT2D eigenvalue weighted by molar-refractivity contribution is 0.109. The average Bonchev–Trinajstić information content (AvgIpc) is 3.16. The van der Waals surface area contributed by atoms with Gasteiger partial charge >= 0.3 is 0 Å². The number of nitriles is 1. The largest absolute Gasteiger partial charge is 0.369 e. The third-order valence-corrected chi connectivity index (χ3v) is 5.70. The summed E-state index contributed by atoms with van der Waals surface area (Å²) in [5.74, 6) is 0.339. The smallest absolute Gasteiger partial charge is 0.173 e. The maximum atomic E-state index is 15.4. The lowest BCUT2D eigenvalue weighted by Gasteiger charge is -2.37. The van der Waals surface area contributed by atoms with Gasteiger partial charge in [0.2, 0.25) is 0 Å². The molecule has 0 saturated carbocycles. The highest BCUT2D eigenvalue weighted by Gasteiger charge is 2.40. The minimum absolute atomic E-state index is 0.254. The van der Waals surface area contributed by atoms with E-state index in [9.17, 15) is 5.26 Å². The first-order chi connectivity index (χ1) is 13.9.